The monoisotopic (exact) mass is 169 g/mol. The van der Waals surface area contributed by atoms with Crippen LogP contribution in [0.1, 0.15) is 27.7 Å². The Morgan fingerprint density at radius 1 is 1.50 bits per heavy atom. The largest absolute Gasteiger partial charge is 0.370 e. The van der Waals surface area contributed by atoms with Gasteiger partial charge in [0.15, 0.2) is 5.96 Å². The summed E-state index contributed by atoms with van der Waals surface area (Å²) in [6, 6.07) is 0. The van der Waals surface area contributed by atoms with Crippen molar-refractivity contribution in [3.05, 3.63) is 12.2 Å². The van der Waals surface area contributed by atoms with Gasteiger partial charge in [0.05, 0.1) is 6.54 Å². The number of nitrogens with one attached hydrogen (secondary N) is 1. The molecule has 0 fully saturated rings. The van der Waals surface area contributed by atoms with Crippen molar-refractivity contribution in [1.82, 2.24) is 5.32 Å². The standard InChI is InChI=1S/C9H19N3/c1-7(2)6-11-8(10)12-9(3,4)5/h1,6H2,2-5H3,(H3,10,11,12). The van der Waals surface area contributed by atoms with Gasteiger partial charge in [0.2, 0.25) is 0 Å². The van der Waals surface area contributed by atoms with Gasteiger partial charge in [0.25, 0.3) is 0 Å². The van der Waals surface area contributed by atoms with Gasteiger partial charge in [-0.3, -0.25) is 0 Å². The van der Waals surface area contributed by atoms with Gasteiger partial charge in [-0.25, -0.2) is 4.99 Å². The van der Waals surface area contributed by atoms with Gasteiger partial charge in [-0.1, -0.05) is 12.2 Å². The highest BCUT2D eigenvalue weighted by atomic mass is 15.1. The topological polar surface area (TPSA) is 50.4 Å². The fourth-order valence-corrected chi connectivity index (χ4v) is 0.644. The van der Waals surface area contributed by atoms with E-state index >= 15 is 0 Å². The van der Waals surface area contributed by atoms with E-state index in [0.717, 1.165) is 5.57 Å². The van der Waals surface area contributed by atoms with Crippen molar-refractivity contribution in [1.29, 1.82) is 0 Å². The number of nitrogens with two attached hydrogens (primary N) is 1. The Bertz CT molecular complexity index is 186. The maximum absolute atomic E-state index is 5.61. The first-order valence-corrected chi connectivity index (χ1v) is 4.04. The summed E-state index contributed by atoms with van der Waals surface area (Å²) in [6.07, 6.45) is 0. The number of aliphatic imine (C=N–C) groups is 1. The van der Waals surface area contributed by atoms with Crippen molar-refractivity contribution in [2.75, 3.05) is 6.54 Å². The second-order valence-corrected chi connectivity index (χ2v) is 4.03. The molecule has 0 bridgehead atoms. The molecule has 0 amide bonds. The Morgan fingerprint density at radius 2 is 2.00 bits per heavy atom. The molecule has 0 saturated heterocycles. The number of hydrogen-bond donors (Lipinski definition) is 2. The van der Waals surface area contributed by atoms with Crippen LogP contribution in [0.4, 0.5) is 0 Å². The molecule has 0 aromatic rings. The zero-order chi connectivity index (χ0) is 9.78. The van der Waals surface area contributed by atoms with Gasteiger partial charge in [-0.15, -0.1) is 0 Å². The highest BCUT2D eigenvalue weighted by Gasteiger charge is 2.09. The molecule has 0 aliphatic carbocycles. The van der Waals surface area contributed by atoms with Crippen LogP contribution in [0.3, 0.4) is 0 Å². The molecule has 0 rings (SSSR count). The molecule has 0 aromatic heterocycles. The minimum Gasteiger partial charge on any atom is -0.370 e. The van der Waals surface area contributed by atoms with E-state index < -0.39 is 0 Å². The van der Waals surface area contributed by atoms with Crippen molar-refractivity contribution in [2.45, 2.75) is 33.2 Å². The second kappa shape index (κ2) is 4.14. The first-order chi connectivity index (χ1) is 5.31. The molecule has 0 saturated carbocycles. The van der Waals surface area contributed by atoms with E-state index in [0.29, 0.717) is 12.5 Å². The summed E-state index contributed by atoms with van der Waals surface area (Å²) >= 11 is 0. The summed E-state index contributed by atoms with van der Waals surface area (Å²) in [4.78, 5) is 4.09. The number of hydrogen-bond acceptors (Lipinski definition) is 1. The van der Waals surface area contributed by atoms with Gasteiger partial charge in [0, 0.05) is 5.54 Å². The molecule has 0 heterocycles. The van der Waals surface area contributed by atoms with Gasteiger partial charge in [-0.2, -0.15) is 0 Å². The molecule has 0 spiro atoms. The lowest BCUT2D eigenvalue weighted by Gasteiger charge is -2.20. The smallest absolute Gasteiger partial charge is 0.189 e. The molecule has 0 aliphatic heterocycles. The van der Waals surface area contributed by atoms with Crippen LogP contribution in [-0.4, -0.2) is 18.0 Å². The van der Waals surface area contributed by atoms with Crippen molar-refractivity contribution >= 4 is 5.96 Å². The van der Waals surface area contributed by atoms with Crippen LogP contribution in [0.2, 0.25) is 0 Å². The highest BCUT2D eigenvalue weighted by molar-refractivity contribution is 5.78. The molecular formula is C9H19N3. The first kappa shape index (κ1) is 11.0. The van der Waals surface area contributed by atoms with Crippen LogP contribution in [-0.2, 0) is 0 Å². The molecule has 0 aromatic carbocycles. The highest BCUT2D eigenvalue weighted by Crippen LogP contribution is 1.97. The van der Waals surface area contributed by atoms with Gasteiger partial charge in [-0.05, 0) is 27.7 Å². The summed E-state index contributed by atoms with van der Waals surface area (Å²) in [5, 5.41) is 3.06. The third-order valence-electron chi connectivity index (χ3n) is 1.02. The lowest BCUT2D eigenvalue weighted by Crippen LogP contribution is -2.45. The zero-order valence-electron chi connectivity index (χ0n) is 8.44. The Balaban J connectivity index is 3.95. The Labute approximate surface area is 74.8 Å². The van der Waals surface area contributed by atoms with E-state index in [1.54, 1.807) is 0 Å². The van der Waals surface area contributed by atoms with Gasteiger partial charge < -0.3 is 11.1 Å². The fraction of sp³-hybridized carbons (Fsp3) is 0.667. The number of nitrogens with zero attached hydrogens (tertiary/aromatic N) is 1. The van der Waals surface area contributed by atoms with Crippen LogP contribution in [0.15, 0.2) is 17.1 Å². The van der Waals surface area contributed by atoms with Crippen molar-refractivity contribution in [2.24, 2.45) is 10.7 Å². The minimum absolute atomic E-state index is 0.0251. The zero-order valence-corrected chi connectivity index (χ0v) is 8.44. The quantitative estimate of drug-likeness (QED) is 0.371. The Morgan fingerprint density at radius 3 is 2.33 bits per heavy atom. The van der Waals surface area contributed by atoms with Crippen molar-refractivity contribution < 1.29 is 0 Å². The van der Waals surface area contributed by atoms with Gasteiger partial charge >= 0.3 is 0 Å². The SMILES string of the molecule is C=C(C)CN=C(N)NC(C)(C)C. The average molecular weight is 169 g/mol. The Hall–Kier alpha value is -0.990. The maximum Gasteiger partial charge on any atom is 0.189 e. The van der Waals surface area contributed by atoms with E-state index in [1.165, 1.54) is 0 Å². The maximum atomic E-state index is 5.61. The van der Waals surface area contributed by atoms with E-state index in [4.69, 9.17) is 5.73 Å². The van der Waals surface area contributed by atoms with Crippen LogP contribution < -0.4 is 11.1 Å². The summed E-state index contributed by atoms with van der Waals surface area (Å²) in [5.41, 5.74) is 6.59. The molecule has 70 valence electrons. The van der Waals surface area contributed by atoms with E-state index in [2.05, 4.69) is 16.9 Å². The first-order valence-electron chi connectivity index (χ1n) is 4.04. The molecule has 3 N–H and O–H groups in total. The lowest BCUT2D eigenvalue weighted by atomic mass is 10.1. The minimum atomic E-state index is -0.0251. The second-order valence-electron chi connectivity index (χ2n) is 4.03. The lowest BCUT2D eigenvalue weighted by molar-refractivity contribution is 0.508. The summed E-state index contributed by atoms with van der Waals surface area (Å²) in [7, 11) is 0. The predicted octanol–water partition coefficient (Wildman–Crippen LogP) is 1.27. The molecule has 12 heavy (non-hydrogen) atoms. The molecule has 3 nitrogen and oxygen atoms in total. The normalized spacial score (nSPS) is 12.8. The third-order valence-corrected chi connectivity index (χ3v) is 1.02. The molecule has 0 aliphatic rings. The molecule has 0 unspecified atom stereocenters. The van der Waals surface area contributed by atoms with Crippen LogP contribution in [0.5, 0.6) is 0 Å². The number of rotatable bonds is 2. The van der Waals surface area contributed by atoms with E-state index in [-0.39, 0.29) is 5.54 Å². The van der Waals surface area contributed by atoms with Crippen LogP contribution in [0, 0.1) is 0 Å². The van der Waals surface area contributed by atoms with Crippen LogP contribution >= 0.6 is 0 Å². The number of guanidine groups is 1. The van der Waals surface area contributed by atoms with Crippen molar-refractivity contribution in [3.63, 3.8) is 0 Å². The van der Waals surface area contributed by atoms with Crippen molar-refractivity contribution in [3.8, 4) is 0 Å². The molecule has 0 atom stereocenters. The predicted molar refractivity (Wildman–Crippen MR) is 54.2 cm³/mol. The van der Waals surface area contributed by atoms with Crippen LogP contribution in [0.25, 0.3) is 0 Å². The summed E-state index contributed by atoms with van der Waals surface area (Å²) in [6.45, 7) is 12.4. The average Bonchev–Trinajstić information content (AvgIpc) is 1.79. The van der Waals surface area contributed by atoms with E-state index in [1.807, 2.05) is 27.7 Å². The van der Waals surface area contributed by atoms with Gasteiger partial charge in [0.1, 0.15) is 0 Å². The molecule has 0 radical (unpaired) electrons. The molecule has 3 heteroatoms. The molecular weight excluding hydrogens is 150 g/mol. The summed E-state index contributed by atoms with van der Waals surface area (Å²) < 4.78 is 0. The van der Waals surface area contributed by atoms with E-state index in [9.17, 15) is 0 Å². The fourth-order valence-electron chi connectivity index (χ4n) is 0.644. The Kier molecular flexibility index (Phi) is 3.80. The summed E-state index contributed by atoms with van der Waals surface area (Å²) in [5.74, 6) is 0.477. The third kappa shape index (κ3) is 7.12.